The zero-order chi connectivity index (χ0) is 16.2. The third-order valence-corrected chi connectivity index (χ3v) is 3.44. The number of rotatable bonds is 5. The molecule has 1 heterocycles. The highest BCUT2D eigenvalue weighted by atomic mass is 35.5. The number of hydrogen-bond acceptors (Lipinski definition) is 4. The summed E-state index contributed by atoms with van der Waals surface area (Å²) in [5, 5.41) is 7.86. The number of nitrogens with zero attached hydrogens (tertiary/aromatic N) is 2. The van der Waals surface area contributed by atoms with Crippen LogP contribution in [0.2, 0.25) is 10.0 Å². The van der Waals surface area contributed by atoms with Crippen molar-refractivity contribution >= 4 is 35.0 Å². The monoisotopic (exact) mass is 338 g/mol. The molecule has 6 heteroatoms. The molecule has 0 radical (unpaired) electrons. The lowest BCUT2D eigenvalue weighted by molar-refractivity contribution is 0.626. The fourth-order valence-electron chi connectivity index (χ4n) is 1.90. The van der Waals surface area contributed by atoms with E-state index in [1.807, 2.05) is 18.2 Å². The second-order valence-corrected chi connectivity index (χ2v) is 6.90. The first-order valence-corrected chi connectivity index (χ1v) is 7.88. The Morgan fingerprint density at radius 2 is 1.91 bits per heavy atom. The van der Waals surface area contributed by atoms with Gasteiger partial charge in [0.15, 0.2) is 0 Å². The summed E-state index contributed by atoms with van der Waals surface area (Å²) in [6, 6.07) is 7.39. The fourth-order valence-corrected chi connectivity index (χ4v) is 2.41. The maximum Gasteiger partial charge on any atom is 0.224 e. The predicted molar refractivity (Wildman–Crippen MR) is 94.1 cm³/mol. The van der Waals surface area contributed by atoms with Gasteiger partial charge < -0.3 is 10.6 Å². The molecule has 0 bridgehead atoms. The Bertz CT molecular complexity index is 638. The topological polar surface area (TPSA) is 49.8 Å². The normalized spacial score (nSPS) is 11.3. The van der Waals surface area contributed by atoms with Crippen molar-refractivity contribution in [2.45, 2.75) is 32.7 Å². The van der Waals surface area contributed by atoms with Crippen molar-refractivity contribution in [1.29, 1.82) is 0 Å². The van der Waals surface area contributed by atoms with Crippen LogP contribution in [0.3, 0.4) is 0 Å². The van der Waals surface area contributed by atoms with Crippen molar-refractivity contribution < 1.29 is 0 Å². The van der Waals surface area contributed by atoms with E-state index in [0.717, 1.165) is 24.3 Å². The lowest BCUT2D eigenvalue weighted by Gasteiger charge is -2.20. The Hall–Kier alpha value is -1.52. The van der Waals surface area contributed by atoms with Crippen molar-refractivity contribution in [3.8, 4) is 0 Å². The van der Waals surface area contributed by atoms with Gasteiger partial charge in [0.1, 0.15) is 5.82 Å². The van der Waals surface area contributed by atoms with Crippen LogP contribution in [0.1, 0.15) is 26.3 Å². The number of benzene rings is 1. The molecular weight excluding hydrogens is 319 g/mol. The number of nitrogens with one attached hydrogen (secondary N) is 2. The van der Waals surface area contributed by atoms with Crippen molar-refractivity contribution in [3.63, 3.8) is 0 Å². The standard InChI is InChI=1S/C16H20Cl2N4/c1-16(2,3)22-15-20-9-7-14(21-15)19-8-6-11-4-5-12(17)10-13(11)18/h4-5,7,9-10H,6,8H2,1-3H3,(H2,19,20,21,22). The lowest BCUT2D eigenvalue weighted by Crippen LogP contribution is -2.27. The minimum absolute atomic E-state index is 0.0740. The Morgan fingerprint density at radius 3 is 2.59 bits per heavy atom. The SMILES string of the molecule is CC(C)(C)Nc1nccc(NCCc2ccc(Cl)cc2Cl)n1. The molecule has 2 rings (SSSR count). The van der Waals surface area contributed by atoms with Gasteiger partial charge in [-0.05, 0) is 51.0 Å². The van der Waals surface area contributed by atoms with Gasteiger partial charge in [0.25, 0.3) is 0 Å². The summed E-state index contributed by atoms with van der Waals surface area (Å²) >= 11 is 12.1. The van der Waals surface area contributed by atoms with E-state index in [-0.39, 0.29) is 5.54 Å². The molecule has 0 atom stereocenters. The van der Waals surface area contributed by atoms with Gasteiger partial charge in [-0.1, -0.05) is 29.3 Å². The molecule has 2 aromatic rings. The zero-order valence-corrected chi connectivity index (χ0v) is 14.5. The molecule has 0 fully saturated rings. The molecule has 0 aliphatic carbocycles. The second kappa shape index (κ2) is 7.16. The number of anilines is 2. The van der Waals surface area contributed by atoms with E-state index in [2.05, 4.69) is 41.4 Å². The smallest absolute Gasteiger partial charge is 0.224 e. The summed E-state index contributed by atoms with van der Waals surface area (Å²) in [7, 11) is 0. The molecule has 2 N–H and O–H groups in total. The van der Waals surface area contributed by atoms with Crippen LogP contribution in [-0.4, -0.2) is 22.1 Å². The van der Waals surface area contributed by atoms with Crippen LogP contribution in [-0.2, 0) is 6.42 Å². The van der Waals surface area contributed by atoms with E-state index in [0.29, 0.717) is 16.0 Å². The van der Waals surface area contributed by atoms with Gasteiger partial charge >= 0.3 is 0 Å². The molecular formula is C16H20Cl2N4. The summed E-state index contributed by atoms with van der Waals surface area (Å²) < 4.78 is 0. The number of aromatic nitrogens is 2. The highest BCUT2D eigenvalue weighted by Crippen LogP contribution is 2.21. The first-order chi connectivity index (χ1) is 10.3. The van der Waals surface area contributed by atoms with E-state index in [1.165, 1.54) is 0 Å². The van der Waals surface area contributed by atoms with Crippen molar-refractivity contribution in [3.05, 3.63) is 46.1 Å². The molecule has 0 amide bonds. The van der Waals surface area contributed by atoms with Gasteiger partial charge in [-0.15, -0.1) is 0 Å². The predicted octanol–water partition coefficient (Wildman–Crippen LogP) is 4.65. The summed E-state index contributed by atoms with van der Waals surface area (Å²) in [5.41, 5.74) is 0.982. The molecule has 0 saturated heterocycles. The molecule has 0 unspecified atom stereocenters. The highest BCUT2D eigenvalue weighted by Gasteiger charge is 2.11. The molecule has 0 aliphatic rings. The number of hydrogen-bond donors (Lipinski definition) is 2. The van der Waals surface area contributed by atoms with Gasteiger partial charge in [0.2, 0.25) is 5.95 Å². The quantitative estimate of drug-likeness (QED) is 0.833. The van der Waals surface area contributed by atoms with Gasteiger partial charge in [-0.25, -0.2) is 4.98 Å². The minimum atomic E-state index is -0.0740. The lowest BCUT2D eigenvalue weighted by atomic mass is 10.1. The summed E-state index contributed by atoms with van der Waals surface area (Å²) in [4.78, 5) is 8.66. The van der Waals surface area contributed by atoms with Crippen LogP contribution in [0.15, 0.2) is 30.5 Å². The van der Waals surface area contributed by atoms with Crippen LogP contribution in [0, 0.1) is 0 Å². The van der Waals surface area contributed by atoms with Crippen LogP contribution in [0.5, 0.6) is 0 Å². The second-order valence-electron chi connectivity index (χ2n) is 6.05. The summed E-state index contributed by atoms with van der Waals surface area (Å²) in [6.07, 6.45) is 2.53. The van der Waals surface area contributed by atoms with E-state index < -0.39 is 0 Å². The van der Waals surface area contributed by atoms with E-state index in [4.69, 9.17) is 23.2 Å². The Labute approximate surface area is 141 Å². The molecule has 4 nitrogen and oxygen atoms in total. The van der Waals surface area contributed by atoms with E-state index >= 15 is 0 Å². The molecule has 1 aromatic heterocycles. The highest BCUT2D eigenvalue weighted by molar-refractivity contribution is 6.35. The van der Waals surface area contributed by atoms with Gasteiger partial charge in [0.05, 0.1) is 0 Å². The average Bonchev–Trinajstić information content (AvgIpc) is 2.40. The van der Waals surface area contributed by atoms with E-state index in [1.54, 1.807) is 12.3 Å². The minimum Gasteiger partial charge on any atom is -0.370 e. The first kappa shape index (κ1) is 16.8. The third kappa shape index (κ3) is 5.35. The fraction of sp³-hybridized carbons (Fsp3) is 0.375. The third-order valence-electron chi connectivity index (χ3n) is 2.86. The molecule has 118 valence electrons. The Kier molecular flexibility index (Phi) is 5.48. The summed E-state index contributed by atoms with van der Waals surface area (Å²) in [6.45, 7) is 6.93. The zero-order valence-electron chi connectivity index (χ0n) is 13.0. The maximum absolute atomic E-state index is 6.16. The van der Waals surface area contributed by atoms with Crippen molar-refractivity contribution in [1.82, 2.24) is 9.97 Å². The van der Waals surface area contributed by atoms with Crippen LogP contribution < -0.4 is 10.6 Å². The molecule has 0 spiro atoms. The largest absolute Gasteiger partial charge is 0.370 e. The van der Waals surface area contributed by atoms with Crippen LogP contribution in [0.4, 0.5) is 11.8 Å². The Balaban J connectivity index is 1.93. The van der Waals surface area contributed by atoms with Crippen molar-refractivity contribution in [2.24, 2.45) is 0 Å². The molecule has 0 saturated carbocycles. The van der Waals surface area contributed by atoms with E-state index in [9.17, 15) is 0 Å². The summed E-state index contributed by atoms with van der Waals surface area (Å²) in [5.74, 6) is 1.40. The first-order valence-electron chi connectivity index (χ1n) is 7.12. The van der Waals surface area contributed by atoms with Crippen LogP contribution in [0.25, 0.3) is 0 Å². The maximum atomic E-state index is 6.16. The van der Waals surface area contributed by atoms with Gasteiger partial charge in [-0.3, -0.25) is 0 Å². The van der Waals surface area contributed by atoms with Crippen LogP contribution >= 0.6 is 23.2 Å². The van der Waals surface area contributed by atoms with Gasteiger partial charge in [0, 0.05) is 28.3 Å². The van der Waals surface area contributed by atoms with Crippen molar-refractivity contribution in [2.75, 3.05) is 17.2 Å². The average molecular weight is 339 g/mol. The molecule has 22 heavy (non-hydrogen) atoms. The molecule has 0 aliphatic heterocycles. The number of halogens is 2. The molecule has 1 aromatic carbocycles. The Morgan fingerprint density at radius 1 is 1.14 bits per heavy atom. The van der Waals surface area contributed by atoms with Gasteiger partial charge in [-0.2, -0.15) is 4.98 Å².